The lowest BCUT2D eigenvalue weighted by molar-refractivity contribution is -0.0386. The van der Waals surface area contributed by atoms with Crippen molar-refractivity contribution in [3.8, 4) is 0 Å². The lowest BCUT2D eigenvalue weighted by Gasteiger charge is -2.29. The number of hydrogen-bond acceptors (Lipinski definition) is 2. The molecule has 0 heterocycles. The highest BCUT2D eigenvalue weighted by Crippen LogP contribution is 2.24. The summed E-state index contributed by atoms with van der Waals surface area (Å²) in [6.45, 7) is 10.2. The molecule has 2 nitrogen and oxygen atoms in total. The Kier molecular flexibility index (Phi) is 5.51. The molecule has 0 fully saturated rings. The first-order chi connectivity index (χ1) is 5.52. The van der Waals surface area contributed by atoms with Crippen molar-refractivity contribution in [3.05, 3.63) is 0 Å². The first-order valence-corrected chi connectivity index (χ1v) is 4.63. The van der Waals surface area contributed by atoms with E-state index < -0.39 is 0 Å². The summed E-state index contributed by atoms with van der Waals surface area (Å²) >= 11 is 0. The number of rotatable bonds is 5. The minimum absolute atomic E-state index is 0.239. The highest BCUT2D eigenvalue weighted by molar-refractivity contribution is 4.72. The third kappa shape index (κ3) is 4.73. The SMILES string of the molecule is CC[C@H](OCCOC)C(C)(C)C. The molecular formula is C10H22O2. The van der Waals surface area contributed by atoms with Crippen molar-refractivity contribution < 1.29 is 9.47 Å². The van der Waals surface area contributed by atoms with Crippen molar-refractivity contribution in [1.82, 2.24) is 0 Å². The van der Waals surface area contributed by atoms with E-state index in [-0.39, 0.29) is 5.41 Å². The zero-order valence-electron chi connectivity index (χ0n) is 9.02. The van der Waals surface area contributed by atoms with Crippen LogP contribution in [0.3, 0.4) is 0 Å². The smallest absolute Gasteiger partial charge is 0.0704 e. The lowest BCUT2D eigenvalue weighted by Crippen LogP contribution is -2.29. The lowest BCUT2D eigenvalue weighted by atomic mass is 9.87. The van der Waals surface area contributed by atoms with Crippen molar-refractivity contribution in [1.29, 1.82) is 0 Å². The molecular weight excluding hydrogens is 152 g/mol. The van der Waals surface area contributed by atoms with Gasteiger partial charge in [-0.25, -0.2) is 0 Å². The Morgan fingerprint density at radius 2 is 1.75 bits per heavy atom. The molecule has 0 aliphatic heterocycles. The predicted molar refractivity (Wildman–Crippen MR) is 51.4 cm³/mol. The molecule has 0 saturated carbocycles. The molecule has 74 valence electrons. The second-order valence-electron chi connectivity index (χ2n) is 4.13. The van der Waals surface area contributed by atoms with Crippen molar-refractivity contribution in [2.45, 2.75) is 40.2 Å². The second-order valence-corrected chi connectivity index (χ2v) is 4.13. The maximum absolute atomic E-state index is 5.67. The Hall–Kier alpha value is -0.0800. The van der Waals surface area contributed by atoms with Crippen LogP contribution in [0.4, 0.5) is 0 Å². The van der Waals surface area contributed by atoms with Gasteiger partial charge in [0.15, 0.2) is 0 Å². The molecule has 0 saturated heterocycles. The number of methoxy groups -OCH3 is 1. The third-order valence-corrected chi connectivity index (χ3v) is 1.94. The maximum atomic E-state index is 5.67. The van der Waals surface area contributed by atoms with Crippen LogP contribution in [-0.2, 0) is 9.47 Å². The fourth-order valence-electron chi connectivity index (χ4n) is 1.25. The summed E-state index contributed by atoms with van der Waals surface area (Å²) in [7, 11) is 1.70. The first-order valence-electron chi connectivity index (χ1n) is 4.63. The van der Waals surface area contributed by atoms with Crippen molar-refractivity contribution in [2.24, 2.45) is 5.41 Å². The average Bonchev–Trinajstić information content (AvgIpc) is 1.95. The summed E-state index contributed by atoms with van der Waals surface area (Å²) in [4.78, 5) is 0. The van der Waals surface area contributed by atoms with Gasteiger partial charge in [-0.15, -0.1) is 0 Å². The van der Waals surface area contributed by atoms with E-state index in [0.29, 0.717) is 19.3 Å². The summed E-state index contributed by atoms with van der Waals surface area (Å²) in [6, 6.07) is 0. The van der Waals surface area contributed by atoms with Gasteiger partial charge in [-0.2, -0.15) is 0 Å². The van der Waals surface area contributed by atoms with Gasteiger partial charge in [-0.3, -0.25) is 0 Å². The Labute approximate surface area is 76.3 Å². The van der Waals surface area contributed by atoms with Crippen molar-refractivity contribution in [2.75, 3.05) is 20.3 Å². The fourth-order valence-corrected chi connectivity index (χ4v) is 1.25. The summed E-state index contributed by atoms with van der Waals surface area (Å²) in [5.41, 5.74) is 0.239. The van der Waals surface area contributed by atoms with Crippen LogP contribution >= 0.6 is 0 Å². The second kappa shape index (κ2) is 5.55. The molecule has 12 heavy (non-hydrogen) atoms. The van der Waals surface area contributed by atoms with Crippen LogP contribution in [0.5, 0.6) is 0 Å². The van der Waals surface area contributed by atoms with Crippen LogP contribution in [0, 0.1) is 5.41 Å². The first kappa shape index (κ1) is 11.9. The molecule has 0 bridgehead atoms. The fraction of sp³-hybridized carbons (Fsp3) is 1.00. The van der Waals surface area contributed by atoms with E-state index in [9.17, 15) is 0 Å². The molecule has 0 aliphatic rings. The molecule has 0 aromatic rings. The molecule has 0 rings (SSSR count). The molecule has 0 N–H and O–H groups in total. The van der Waals surface area contributed by atoms with Gasteiger partial charge in [0.05, 0.1) is 19.3 Å². The average molecular weight is 174 g/mol. The molecule has 0 radical (unpaired) electrons. The molecule has 0 aromatic carbocycles. The van der Waals surface area contributed by atoms with E-state index in [4.69, 9.17) is 9.47 Å². The van der Waals surface area contributed by atoms with Crippen LogP contribution in [0.25, 0.3) is 0 Å². The molecule has 1 atom stereocenters. The van der Waals surface area contributed by atoms with E-state index in [2.05, 4.69) is 27.7 Å². The standard InChI is InChI=1S/C10H22O2/c1-6-9(10(2,3)4)12-8-7-11-5/h9H,6-8H2,1-5H3/t9-/m0/s1. The largest absolute Gasteiger partial charge is 0.382 e. The molecule has 2 heteroatoms. The quantitative estimate of drug-likeness (QED) is 0.596. The van der Waals surface area contributed by atoms with Crippen LogP contribution in [0.1, 0.15) is 34.1 Å². The van der Waals surface area contributed by atoms with Crippen molar-refractivity contribution >= 4 is 0 Å². The van der Waals surface area contributed by atoms with Crippen LogP contribution in [0.15, 0.2) is 0 Å². The van der Waals surface area contributed by atoms with Crippen LogP contribution < -0.4 is 0 Å². The van der Waals surface area contributed by atoms with Gasteiger partial charge >= 0.3 is 0 Å². The third-order valence-electron chi connectivity index (χ3n) is 1.94. The van der Waals surface area contributed by atoms with Gasteiger partial charge in [0, 0.05) is 7.11 Å². The molecule has 0 aromatic heterocycles. The minimum Gasteiger partial charge on any atom is -0.382 e. The van der Waals surface area contributed by atoms with Gasteiger partial charge in [0.2, 0.25) is 0 Å². The Balaban J connectivity index is 3.68. The van der Waals surface area contributed by atoms with E-state index in [0.717, 1.165) is 6.42 Å². The van der Waals surface area contributed by atoms with E-state index in [1.807, 2.05) is 0 Å². The highest BCUT2D eigenvalue weighted by atomic mass is 16.5. The van der Waals surface area contributed by atoms with Crippen LogP contribution in [0.2, 0.25) is 0 Å². The molecule has 0 spiro atoms. The normalized spacial score (nSPS) is 14.8. The summed E-state index contributed by atoms with van der Waals surface area (Å²) < 4.78 is 10.6. The number of ether oxygens (including phenoxy) is 2. The van der Waals surface area contributed by atoms with Gasteiger partial charge in [0.1, 0.15) is 0 Å². The Morgan fingerprint density at radius 3 is 2.08 bits per heavy atom. The topological polar surface area (TPSA) is 18.5 Å². The van der Waals surface area contributed by atoms with Crippen LogP contribution in [-0.4, -0.2) is 26.4 Å². The maximum Gasteiger partial charge on any atom is 0.0704 e. The molecule has 0 unspecified atom stereocenters. The van der Waals surface area contributed by atoms with Gasteiger partial charge in [0.25, 0.3) is 0 Å². The highest BCUT2D eigenvalue weighted by Gasteiger charge is 2.22. The van der Waals surface area contributed by atoms with Gasteiger partial charge < -0.3 is 9.47 Å². The van der Waals surface area contributed by atoms with Gasteiger partial charge in [-0.05, 0) is 11.8 Å². The zero-order chi connectivity index (χ0) is 9.61. The Bertz CT molecular complexity index is 105. The van der Waals surface area contributed by atoms with E-state index in [1.54, 1.807) is 7.11 Å². The number of hydrogen-bond donors (Lipinski definition) is 0. The molecule has 0 aliphatic carbocycles. The Morgan fingerprint density at radius 1 is 1.17 bits per heavy atom. The van der Waals surface area contributed by atoms with Crippen molar-refractivity contribution in [3.63, 3.8) is 0 Å². The summed E-state index contributed by atoms with van der Waals surface area (Å²) in [6.07, 6.45) is 1.40. The minimum atomic E-state index is 0.239. The summed E-state index contributed by atoms with van der Waals surface area (Å²) in [5, 5.41) is 0. The monoisotopic (exact) mass is 174 g/mol. The zero-order valence-corrected chi connectivity index (χ0v) is 9.02. The predicted octanol–water partition coefficient (Wildman–Crippen LogP) is 2.47. The molecule has 0 amide bonds. The van der Waals surface area contributed by atoms with E-state index >= 15 is 0 Å². The van der Waals surface area contributed by atoms with E-state index in [1.165, 1.54) is 0 Å². The summed E-state index contributed by atoms with van der Waals surface area (Å²) in [5.74, 6) is 0. The van der Waals surface area contributed by atoms with Gasteiger partial charge in [-0.1, -0.05) is 27.7 Å².